The fourth-order valence-electron chi connectivity index (χ4n) is 2.00. The SMILES string of the molecule is CSCC[C@H](NC(=O)c1cc(CC(C)C)oc1C)C(=O)O. The molecule has 0 unspecified atom stereocenters. The van der Waals surface area contributed by atoms with Crippen LogP contribution in [0.25, 0.3) is 0 Å². The molecule has 1 aromatic rings. The summed E-state index contributed by atoms with van der Waals surface area (Å²) in [6.07, 6.45) is 3.06. The first-order valence-corrected chi connectivity index (χ1v) is 8.36. The quantitative estimate of drug-likeness (QED) is 0.771. The lowest BCUT2D eigenvalue weighted by Gasteiger charge is -2.13. The van der Waals surface area contributed by atoms with Crippen LogP contribution in [0.2, 0.25) is 0 Å². The molecule has 118 valence electrons. The van der Waals surface area contributed by atoms with E-state index in [1.165, 1.54) is 0 Å². The average Bonchev–Trinajstić information content (AvgIpc) is 2.73. The van der Waals surface area contributed by atoms with Crippen molar-refractivity contribution in [2.45, 2.75) is 39.7 Å². The molecule has 0 aliphatic rings. The number of carboxylic acids is 1. The summed E-state index contributed by atoms with van der Waals surface area (Å²) >= 11 is 1.55. The van der Waals surface area contributed by atoms with Crippen molar-refractivity contribution in [1.82, 2.24) is 5.32 Å². The molecule has 0 fully saturated rings. The van der Waals surface area contributed by atoms with Crippen LogP contribution in [0.15, 0.2) is 10.5 Å². The first-order chi connectivity index (χ1) is 9.85. The van der Waals surface area contributed by atoms with Crippen LogP contribution in [0.4, 0.5) is 0 Å². The molecule has 0 aromatic carbocycles. The summed E-state index contributed by atoms with van der Waals surface area (Å²) in [5.74, 6) is 0.988. The highest BCUT2D eigenvalue weighted by molar-refractivity contribution is 7.98. The van der Waals surface area contributed by atoms with E-state index in [9.17, 15) is 9.59 Å². The zero-order chi connectivity index (χ0) is 16.0. The Morgan fingerprint density at radius 1 is 1.43 bits per heavy atom. The number of carbonyl (C=O) groups is 2. The molecule has 0 aliphatic heterocycles. The highest BCUT2D eigenvalue weighted by Gasteiger charge is 2.23. The van der Waals surface area contributed by atoms with Crippen LogP contribution < -0.4 is 5.32 Å². The minimum atomic E-state index is -1.01. The predicted octanol–water partition coefficient (Wildman–Crippen LogP) is 2.72. The number of rotatable bonds is 8. The number of aliphatic carboxylic acids is 1. The van der Waals surface area contributed by atoms with Crippen molar-refractivity contribution in [3.8, 4) is 0 Å². The first-order valence-electron chi connectivity index (χ1n) is 6.97. The summed E-state index contributed by atoms with van der Waals surface area (Å²) in [6.45, 7) is 5.86. The van der Waals surface area contributed by atoms with Crippen molar-refractivity contribution in [3.63, 3.8) is 0 Å². The van der Waals surface area contributed by atoms with Crippen LogP contribution in [-0.4, -0.2) is 35.0 Å². The van der Waals surface area contributed by atoms with Crippen molar-refractivity contribution in [1.29, 1.82) is 0 Å². The molecule has 1 rings (SSSR count). The fraction of sp³-hybridized carbons (Fsp3) is 0.600. The van der Waals surface area contributed by atoms with Crippen LogP contribution in [-0.2, 0) is 11.2 Å². The van der Waals surface area contributed by atoms with Crippen molar-refractivity contribution in [2.75, 3.05) is 12.0 Å². The Hall–Kier alpha value is -1.43. The Labute approximate surface area is 129 Å². The molecule has 0 spiro atoms. The van der Waals surface area contributed by atoms with Gasteiger partial charge in [-0.15, -0.1) is 0 Å². The smallest absolute Gasteiger partial charge is 0.326 e. The van der Waals surface area contributed by atoms with Gasteiger partial charge >= 0.3 is 5.97 Å². The van der Waals surface area contributed by atoms with Gasteiger partial charge in [-0.1, -0.05) is 13.8 Å². The standard InChI is InChI=1S/C15H23NO4S/c1-9(2)7-11-8-12(10(3)20-11)14(17)16-13(15(18)19)5-6-21-4/h8-9,13H,5-7H2,1-4H3,(H,16,17)(H,18,19)/t13-/m0/s1. The predicted molar refractivity (Wildman–Crippen MR) is 83.9 cm³/mol. The second-order valence-corrected chi connectivity index (χ2v) is 6.41. The van der Waals surface area contributed by atoms with Gasteiger partial charge in [-0.05, 0) is 37.3 Å². The van der Waals surface area contributed by atoms with E-state index in [-0.39, 0.29) is 5.91 Å². The van der Waals surface area contributed by atoms with Crippen molar-refractivity contribution in [3.05, 3.63) is 23.2 Å². The monoisotopic (exact) mass is 313 g/mol. The molecule has 1 amide bonds. The summed E-state index contributed by atoms with van der Waals surface area (Å²) < 4.78 is 5.56. The molecule has 0 saturated heterocycles. The molecule has 0 saturated carbocycles. The van der Waals surface area contributed by atoms with Gasteiger partial charge in [0.2, 0.25) is 0 Å². The Morgan fingerprint density at radius 3 is 2.62 bits per heavy atom. The minimum absolute atomic E-state index is 0.389. The molecular weight excluding hydrogens is 290 g/mol. The van der Waals surface area contributed by atoms with E-state index < -0.39 is 12.0 Å². The zero-order valence-corrected chi connectivity index (χ0v) is 13.8. The van der Waals surface area contributed by atoms with Gasteiger partial charge in [0, 0.05) is 6.42 Å². The number of aryl methyl sites for hydroxylation is 1. The Kier molecular flexibility index (Phi) is 6.81. The molecule has 1 heterocycles. The van der Waals surface area contributed by atoms with Crippen molar-refractivity contribution in [2.24, 2.45) is 5.92 Å². The largest absolute Gasteiger partial charge is 0.480 e. The molecule has 2 N–H and O–H groups in total. The van der Waals surface area contributed by atoms with E-state index in [1.54, 1.807) is 24.8 Å². The molecule has 5 nitrogen and oxygen atoms in total. The van der Waals surface area contributed by atoms with Gasteiger partial charge in [-0.2, -0.15) is 11.8 Å². The van der Waals surface area contributed by atoms with E-state index >= 15 is 0 Å². The number of carboxylic acid groups (broad SMARTS) is 1. The summed E-state index contributed by atoms with van der Waals surface area (Å²) in [5, 5.41) is 11.7. The topological polar surface area (TPSA) is 79.5 Å². The molecule has 0 radical (unpaired) electrons. The van der Waals surface area contributed by atoms with Gasteiger partial charge in [0.15, 0.2) is 0 Å². The van der Waals surface area contributed by atoms with Crippen molar-refractivity contribution < 1.29 is 19.1 Å². The van der Waals surface area contributed by atoms with E-state index in [0.29, 0.717) is 29.4 Å². The highest BCUT2D eigenvalue weighted by Crippen LogP contribution is 2.18. The van der Waals surface area contributed by atoms with Gasteiger partial charge in [-0.25, -0.2) is 4.79 Å². The van der Waals surface area contributed by atoms with Gasteiger partial charge in [0.25, 0.3) is 5.91 Å². The molecule has 1 atom stereocenters. The van der Waals surface area contributed by atoms with Crippen LogP contribution in [0.3, 0.4) is 0 Å². The number of thioether (sulfide) groups is 1. The third-order valence-electron chi connectivity index (χ3n) is 3.04. The minimum Gasteiger partial charge on any atom is -0.480 e. The van der Waals surface area contributed by atoms with Crippen molar-refractivity contribution >= 4 is 23.6 Å². The first kappa shape index (κ1) is 17.6. The normalized spacial score (nSPS) is 12.4. The molecular formula is C15H23NO4S. The van der Waals surface area contributed by atoms with Crippen LogP contribution >= 0.6 is 11.8 Å². The maximum absolute atomic E-state index is 12.2. The molecule has 0 aliphatic carbocycles. The second kappa shape index (κ2) is 8.12. The molecule has 6 heteroatoms. The Balaban J connectivity index is 2.77. The lowest BCUT2D eigenvalue weighted by Crippen LogP contribution is -2.41. The maximum atomic E-state index is 12.2. The van der Waals surface area contributed by atoms with Crippen LogP contribution in [0.5, 0.6) is 0 Å². The lowest BCUT2D eigenvalue weighted by atomic mass is 10.1. The highest BCUT2D eigenvalue weighted by atomic mass is 32.2. The number of hydrogen-bond acceptors (Lipinski definition) is 4. The van der Waals surface area contributed by atoms with Crippen LogP contribution in [0.1, 0.15) is 42.1 Å². The number of nitrogens with one attached hydrogen (secondary N) is 1. The van der Waals surface area contributed by atoms with Crippen LogP contribution in [0, 0.1) is 12.8 Å². The maximum Gasteiger partial charge on any atom is 0.326 e. The van der Waals surface area contributed by atoms with E-state index in [4.69, 9.17) is 9.52 Å². The third kappa shape index (κ3) is 5.46. The van der Waals surface area contributed by atoms with Gasteiger partial charge in [0.1, 0.15) is 17.6 Å². The Bertz CT molecular complexity index is 496. The molecule has 1 aromatic heterocycles. The average molecular weight is 313 g/mol. The number of amides is 1. The molecule has 21 heavy (non-hydrogen) atoms. The third-order valence-corrected chi connectivity index (χ3v) is 3.68. The molecule has 0 bridgehead atoms. The number of hydrogen-bond donors (Lipinski definition) is 2. The second-order valence-electron chi connectivity index (χ2n) is 5.43. The van der Waals surface area contributed by atoms with Gasteiger partial charge in [0.05, 0.1) is 5.56 Å². The van der Waals surface area contributed by atoms with E-state index in [2.05, 4.69) is 19.2 Å². The van der Waals surface area contributed by atoms with E-state index in [0.717, 1.165) is 12.2 Å². The summed E-state index contributed by atoms with van der Waals surface area (Å²) in [5.41, 5.74) is 0.418. The number of carbonyl (C=O) groups excluding carboxylic acids is 1. The van der Waals surface area contributed by atoms with Gasteiger partial charge < -0.3 is 14.8 Å². The van der Waals surface area contributed by atoms with Gasteiger partial charge in [-0.3, -0.25) is 4.79 Å². The summed E-state index contributed by atoms with van der Waals surface area (Å²) in [4.78, 5) is 23.4. The number of furan rings is 1. The van der Waals surface area contributed by atoms with E-state index in [1.807, 2.05) is 6.26 Å². The lowest BCUT2D eigenvalue weighted by molar-refractivity contribution is -0.139. The zero-order valence-electron chi connectivity index (χ0n) is 12.9. The fourth-order valence-corrected chi connectivity index (χ4v) is 2.47. The summed E-state index contributed by atoms with van der Waals surface area (Å²) in [6, 6.07) is 0.839. The summed E-state index contributed by atoms with van der Waals surface area (Å²) in [7, 11) is 0. The Morgan fingerprint density at radius 2 is 2.10 bits per heavy atom.